The molecule has 0 saturated carbocycles. The maximum absolute atomic E-state index is 13.8. The van der Waals surface area contributed by atoms with E-state index in [-0.39, 0.29) is 23.9 Å². The molecule has 3 amide bonds. The van der Waals surface area contributed by atoms with Gasteiger partial charge in [-0.2, -0.15) is 0 Å². The lowest BCUT2D eigenvalue weighted by Gasteiger charge is -2.12. The topological polar surface area (TPSA) is 58.6 Å². The Kier molecular flexibility index (Phi) is 5.54. The highest BCUT2D eigenvalue weighted by atomic mass is 19.1. The number of carbonyl (C=O) groups is 2. The van der Waals surface area contributed by atoms with Crippen molar-refractivity contribution >= 4 is 18.0 Å². The maximum atomic E-state index is 13.8. The number of ether oxygens (including phenoxy) is 1. The molecule has 1 aliphatic heterocycles. The first-order valence-corrected chi connectivity index (χ1v) is 8.82. The molecule has 2 aromatic rings. The van der Waals surface area contributed by atoms with E-state index in [0.29, 0.717) is 0 Å². The fraction of sp³-hybridized carbons (Fsp3) is 0.238. The molecule has 140 valence electrons. The Morgan fingerprint density at radius 1 is 1.15 bits per heavy atom. The van der Waals surface area contributed by atoms with Crippen molar-refractivity contribution in [1.82, 2.24) is 10.2 Å². The molecule has 5 nitrogen and oxygen atoms in total. The van der Waals surface area contributed by atoms with Crippen LogP contribution in [0.1, 0.15) is 31.4 Å². The Bertz CT molecular complexity index is 877. The number of nitrogens with zero attached hydrogens (tertiary/aromatic N) is 1. The summed E-state index contributed by atoms with van der Waals surface area (Å²) in [6.45, 7) is 3.92. The monoisotopic (exact) mass is 368 g/mol. The van der Waals surface area contributed by atoms with Crippen LogP contribution in [0.4, 0.5) is 9.18 Å². The standard InChI is InChI=1S/C21H21FN2O3/c1-3-14(2)27-17-10-8-15(9-11-17)12-19-20(25)24(21(26)23-19)13-16-6-4-5-7-18(16)22/h4-12,14H,3,13H2,1-2H3,(H,23,26)/b19-12+/t14-/m0/s1. The van der Waals surface area contributed by atoms with Crippen molar-refractivity contribution in [2.24, 2.45) is 0 Å². The molecule has 1 heterocycles. The molecule has 0 aromatic heterocycles. The number of benzene rings is 2. The third-order valence-electron chi connectivity index (χ3n) is 4.35. The van der Waals surface area contributed by atoms with Crippen LogP contribution in [0.2, 0.25) is 0 Å². The number of rotatable bonds is 6. The second-order valence-corrected chi connectivity index (χ2v) is 6.38. The molecule has 1 fully saturated rings. The molecular formula is C21H21FN2O3. The van der Waals surface area contributed by atoms with Crippen molar-refractivity contribution in [1.29, 1.82) is 0 Å². The molecule has 1 aliphatic rings. The smallest absolute Gasteiger partial charge is 0.329 e. The lowest BCUT2D eigenvalue weighted by molar-refractivity contribution is -0.123. The highest BCUT2D eigenvalue weighted by Crippen LogP contribution is 2.20. The summed E-state index contributed by atoms with van der Waals surface area (Å²) < 4.78 is 19.5. The summed E-state index contributed by atoms with van der Waals surface area (Å²) in [6.07, 6.45) is 2.62. The number of carbonyl (C=O) groups excluding carboxylic acids is 2. The van der Waals surface area contributed by atoms with E-state index in [1.165, 1.54) is 6.07 Å². The third-order valence-corrected chi connectivity index (χ3v) is 4.35. The summed E-state index contributed by atoms with van der Waals surface area (Å²) in [4.78, 5) is 25.6. The van der Waals surface area contributed by atoms with Gasteiger partial charge in [-0.15, -0.1) is 0 Å². The van der Waals surface area contributed by atoms with E-state index in [1.807, 2.05) is 38.1 Å². The van der Waals surface area contributed by atoms with Crippen LogP contribution < -0.4 is 10.1 Å². The van der Waals surface area contributed by atoms with Gasteiger partial charge >= 0.3 is 6.03 Å². The molecule has 27 heavy (non-hydrogen) atoms. The first-order chi connectivity index (χ1) is 13.0. The normalized spacial score (nSPS) is 16.6. The SMILES string of the molecule is CC[C@H](C)Oc1ccc(/C=C2/NC(=O)N(Cc3ccccc3F)C2=O)cc1. The van der Waals surface area contributed by atoms with Crippen molar-refractivity contribution in [3.05, 3.63) is 71.2 Å². The quantitative estimate of drug-likeness (QED) is 0.617. The van der Waals surface area contributed by atoms with E-state index in [4.69, 9.17) is 4.74 Å². The van der Waals surface area contributed by atoms with Crippen LogP contribution in [-0.4, -0.2) is 22.9 Å². The summed E-state index contributed by atoms with van der Waals surface area (Å²) in [7, 11) is 0. The first kappa shape index (κ1) is 18.6. The minimum absolute atomic E-state index is 0.115. The van der Waals surface area contributed by atoms with Gasteiger partial charge in [0.05, 0.1) is 12.6 Å². The molecule has 3 rings (SSSR count). The molecule has 1 atom stereocenters. The van der Waals surface area contributed by atoms with Gasteiger partial charge in [-0.1, -0.05) is 37.3 Å². The number of amides is 3. The fourth-order valence-corrected chi connectivity index (χ4v) is 2.64. The average Bonchev–Trinajstić information content (AvgIpc) is 2.92. The lowest BCUT2D eigenvalue weighted by Crippen LogP contribution is -2.30. The fourth-order valence-electron chi connectivity index (χ4n) is 2.64. The maximum Gasteiger partial charge on any atom is 0.329 e. The molecule has 0 spiro atoms. The van der Waals surface area contributed by atoms with Gasteiger partial charge in [-0.05, 0) is 43.2 Å². The second kappa shape index (κ2) is 8.03. The van der Waals surface area contributed by atoms with E-state index in [0.717, 1.165) is 22.6 Å². The van der Waals surface area contributed by atoms with Crippen molar-refractivity contribution in [2.75, 3.05) is 0 Å². The Labute approximate surface area is 157 Å². The van der Waals surface area contributed by atoms with Gasteiger partial charge in [0.15, 0.2) is 0 Å². The van der Waals surface area contributed by atoms with Crippen LogP contribution in [-0.2, 0) is 11.3 Å². The van der Waals surface area contributed by atoms with Gasteiger partial charge in [0.2, 0.25) is 0 Å². The molecule has 6 heteroatoms. The van der Waals surface area contributed by atoms with Crippen LogP contribution in [0.25, 0.3) is 6.08 Å². The Hall–Kier alpha value is -3.15. The van der Waals surface area contributed by atoms with Gasteiger partial charge in [0, 0.05) is 5.56 Å². The molecule has 0 bridgehead atoms. The van der Waals surface area contributed by atoms with Crippen LogP contribution >= 0.6 is 0 Å². The molecule has 1 saturated heterocycles. The van der Waals surface area contributed by atoms with Gasteiger partial charge in [-0.25, -0.2) is 9.18 Å². The minimum atomic E-state index is -0.564. The van der Waals surface area contributed by atoms with Crippen molar-refractivity contribution in [3.8, 4) is 5.75 Å². The second-order valence-electron chi connectivity index (χ2n) is 6.38. The van der Waals surface area contributed by atoms with E-state index in [2.05, 4.69) is 5.32 Å². The van der Waals surface area contributed by atoms with Crippen LogP contribution in [0, 0.1) is 5.82 Å². The number of hydrogen-bond donors (Lipinski definition) is 1. The number of hydrogen-bond acceptors (Lipinski definition) is 3. The number of halogens is 1. The van der Waals surface area contributed by atoms with Crippen molar-refractivity contribution in [2.45, 2.75) is 32.9 Å². The van der Waals surface area contributed by atoms with Crippen LogP contribution in [0.15, 0.2) is 54.2 Å². The van der Waals surface area contributed by atoms with Crippen molar-refractivity contribution in [3.63, 3.8) is 0 Å². The van der Waals surface area contributed by atoms with E-state index in [9.17, 15) is 14.0 Å². The van der Waals surface area contributed by atoms with E-state index < -0.39 is 17.8 Å². The lowest BCUT2D eigenvalue weighted by atomic mass is 10.1. The van der Waals surface area contributed by atoms with E-state index >= 15 is 0 Å². The highest BCUT2D eigenvalue weighted by molar-refractivity contribution is 6.13. The third kappa shape index (κ3) is 4.34. The van der Waals surface area contributed by atoms with Gasteiger partial charge < -0.3 is 10.1 Å². The van der Waals surface area contributed by atoms with Gasteiger partial charge in [0.1, 0.15) is 17.3 Å². The summed E-state index contributed by atoms with van der Waals surface area (Å²) in [5, 5.41) is 2.54. The summed E-state index contributed by atoms with van der Waals surface area (Å²) in [5.41, 5.74) is 1.20. The molecular weight excluding hydrogens is 347 g/mol. The number of nitrogens with one attached hydrogen (secondary N) is 1. The molecule has 1 N–H and O–H groups in total. The Morgan fingerprint density at radius 3 is 2.52 bits per heavy atom. The molecule has 0 unspecified atom stereocenters. The van der Waals surface area contributed by atoms with Gasteiger partial charge in [-0.3, -0.25) is 9.69 Å². The van der Waals surface area contributed by atoms with Gasteiger partial charge in [0.25, 0.3) is 5.91 Å². The molecule has 2 aromatic carbocycles. The summed E-state index contributed by atoms with van der Waals surface area (Å²) >= 11 is 0. The number of urea groups is 1. The zero-order valence-electron chi connectivity index (χ0n) is 15.2. The Morgan fingerprint density at radius 2 is 1.85 bits per heavy atom. The molecule has 0 aliphatic carbocycles. The van der Waals surface area contributed by atoms with Crippen molar-refractivity contribution < 1.29 is 18.7 Å². The summed E-state index contributed by atoms with van der Waals surface area (Å²) in [5.74, 6) is -0.190. The molecule has 0 radical (unpaired) electrons. The largest absolute Gasteiger partial charge is 0.491 e. The average molecular weight is 368 g/mol. The van der Waals surface area contributed by atoms with Crippen LogP contribution in [0.5, 0.6) is 5.75 Å². The predicted octanol–water partition coefficient (Wildman–Crippen LogP) is 4.10. The van der Waals surface area contributed by atoms with Crippen LogP contribution in [0.3, 0.4) is 0 Å². The first-order valence-electron chi connectivity index (χ1n) is 8.82. The zero-order valence-corrected chi connectivity index (χ0v) is 15.2. The highest BCUT2D eigenvalue weighted by Gasteiger charge is 2.33. The zero-order chi connectivity index (χ0) is 19.4. The summed E-state index contributed by atoms with van der Waals surface area (Å²) in [6, 6.07) is 12.8. The predicted molar refractivity (Wildman–Crippen MR) is 100 cm³/mol. The number of imide groups is 1. The Balaban J connectivity index is 1.73. The minimum Gasteiger partial charge on any atom is -0.491 e. The van der Waals surface area contributed by atoms with E-state index in [1.54, 1.807) is 24.3 Å².